The van der Waals surface area contributed by atoms with E-state index in [1.165, 1.54) is 13.0 Å². The van der Waals surface area contributed by atoms with Crippen LogP contribution in [0.4, 0.5) is 5.69 Å². The number of esters is 1. The first-order valence-corrected chi connectivity index (χ1v) is 27.6. The largest absolute Gasteiger partial charge is 0.481 e. The molecular weight excluding hydrogens is 1040 g/mol. The van der Waals surface area contributed by atoms with E-state index in [9.17, 15) is 75.7 Å². The van der Waals surface area contributed by atoms with Gasteiger partial charge in [-0.25, -0.2) is 0 Å². The molecule has 0 aliphatic carbocycles. The third kappa shape index (κ3) is 23.2. The predicted molar refractivity (Wildman–Crippen MR) is 296 cm³/mol. The van der Waals surface area contributed by atoms with Crippen molar-refractivity contribution in [2.45, 2.75) is 201 Å². The number of carboxylic acid groups (broad SMARTS) is 1. The van der Waals surface area contributed by atoms with Gasteiger partial charge in [-0.1, -0.05) is 98.9 Å². The second kappa shape index (κ2) is 34.0. The van der Waals surface area contributed by atoms with Crippen molar-refractivity contribution in [1.82, 2.24) is 0 Å². The minimum Gasteiger partial charge on any atom is -0.481 e. The molecule has 15 unspecified atom stereocenters. The third-order valence-corrected chi connectivity index (χ3v) is 14.5. The van der Waals surface area contributed by atoms with Crippen molar-refractivity contribution in [3.05, 3.63) is 115 Å². The summed E-state index contributed by atoms with van der Waals surface area (Å²) in [7, 11) is 1.77. The molecule has 3 heterocycles. The molecule has 0 amide bonds. The first-order chi connectivity index (χ1) is 37.9. The van der Waals surface area contributed by atoms with Gasteiger partial charge in [0, 0.05) is 49.9 Å². The average molecular weight is 1130 g/mol. The average Bonchev–Trinajstić information content (AvgIpc) is 3.48. The van der Waals surface area contributed by atoms with Crippen molar-refractivity contribution in [2.75, 3.05) is 12.4 Å². The zero-order valence-corrected chi connectivity index (χ0v) is 46.1. The van der Waals surface area contributed by atoms with Crippen molar-refractivity contribution in [2.24, 2.45) is 23.5 Å². The topological polar surface area (TPSA) is 369 Å². The molecule has 0 aromatic heterocycles. The highest BCUT2D eigenvalue weighted by molar-refractivity contribution is 5.96. The summed E-state index contributed by atoms with van der Waals surface area (Å²) in [6.07, 6.45) is 1.59. The maximum atomic E-state index is 13.4. The maximum Gasteiger partial charge on any atom is 0.311 e. The fraction of sp³-hybridized carbons (Fsp3) is 0.610. The van der Waals surface area contributed by atoms with Gasteiger partial charge >= 0.3 is 11.9 Å². The van der Waals surface area contributed by atoms with E-state index in [-0.39, 0.29) is 62.6 Å². The Balaban J connectivity index is 1.53. The lowest BCUT2D eigenvalue weighted by atomic mass is 9.82. The summed E-state index contributed by atoms with van der Waals surface area (Å²) in [4.78, 5) is 38.8. The number of carbonyl (C=O) groups is 3. The lowest BCUT2D eigenvalue weighted by molar-refractivity contribution is -0.308. The number of hydrogen-bond acceptors (Lipinski definition) is 20. The van der Waals surface area contributed by atoms with Crippen molar-refractivity contribution >= 4 is 23.4 Å². The number of ether oxygens (including phenoxy) is 4. The van der Waals surface area contributed by atoms with Crippen LogP contribution >= 0.6 is 0 Å². The number of hydrogen-bond donors (Lipinski definition) is 14. The van der Waals surface area contributed by atoms with Crippen LogP contribution in [0.15, 0.2) is 109 Å². The van der Waals surface area contributed by atoms with Gasteiger partial charge in [0.2, 0.25) is 0 Å². The molecule has 15 N–H and O–H groups in total. The molecule has 3 aliphatic rings. The summed E-state index contributed by atoms with van der Waals surface area (Å²) in [6, 6.07) is 5.76. The van der Waals surface area contributed by atoms with Gasteiger partial charge in [0.1, 0.15) is 18.1 Å². The molecule has 1 aromatic carbocycles. The fourth-order valence-corrected chi connectivity index (χ4v) is 10.2. The van der Waals surface area contributed by atoms with Crippen LogP contribution in [0.25, 0.3) is 0 Å². The number of allylic oxidation sites excluding steroid dienone is 12. The Bertz CT molecular complexity index is 2250. The highest BCUT2D eigenvalue weighted by Crippen LogP contribution is 2.38. The van der Waals surface area contributed by atoms with Gasteiger partial charge < -0.3 is 91.3 Å². The lowest BCUT2D eigenvalue weighted by Crippen LogP contribution is -2.61. The van der Waals surface area contributed by atoms with Gasteiger partial charge in [0.15, 0.2) is 17.9 Å². The summed E-state index contributed by atoms with van der Waals surface area (Å²) < 4.78 is 23.7. The number of nitrogens with one attached hydrogen (secondary N) is 1. The maximum absolute atomic E-state index is 13.4. The first kappa shape index (κ1) is 67.7. The Morgan fingerprint density at radius 3 is 1.76 bits per heavy atom. The van der Waals surface area contributed by atoms with Gasteiger partial charge in [-0.05, 0) is 82.1 Å². The van der Waals surface area contributed by atoms with Crippen LogP contribution in [0, 0.1) is 17.8 Å². The summed E-state index contributed by atoms with van der Waals surface area (Å²) in [5, 5.41) is 133. The van der Waals surface area contributed by atoms with Gasteiger partial charge in [-0.15, -0.1) is 0 Å². The summed E-state index contributed by atoms with van der Waals surface area (Å²) in [5.74, 6) is -7.02. The minimum absolute atomic E-state index is 0.0974. The molecule has 4 rings (SSSR count). The van der Waals surface area contributed by atoms with Crippen LogP contribution < -0.4 is 11.1 Å². The van der Waals surface area contributed by atoms with Crippen molar-refractivity contribution < 1.29 is 94.6 Å². The molecule has 2 fully saturated rings. The predicted octanol–water partition coefficient (Wildman–Crippen LogP) is 2.54. The molecule has 21 nitrogen and oxygen atoms in total. The van der Waals surface area contributed by atoms with Crippen molar-refractivity contribution in [3.8, 4) is 0 Å². The molecule has 21 heteroatoms. The molecule has 3 aliphatic heterocycles. The van der Waals surface area contributed by atoms with Gasteiger partial charge in [0.05, 0.1) is 85.7 Å². The molecule has 80 heavy (non-hydrogen) atoms. The van der Waals surface area contributed by atoms with E-state index >= 15 is 0 Å². The van der Waals surface area contributed by atoms with E-state index in [1.54, 1.807) is 104 Å². The number of anilines is 1. The quantitative estimate of drug-likeness (QED) is 0.112. The molecule has 0 radical (unpaired) electrons. The number of benzene rings is 1. The minimum atomic E-state index is -2.33. The summed E-state index contributed by atoms with van der Waals surface area (Å²) in [6.45, 7) is 5.25. The SMILES string of the molecule is CNc1ccc(C(=O)CC(O)CCC(C)C2OC(=O)CC(O)CC(O)CC(O)CC(O)CC(O)CC(O)CC3(O)CC(O)C(C(=O)O)C(CC(O[C@@H]4O[C@H](C)[C@@H](O)[C@H](N)[C@H]4O)/C=C/C=C/C=C/C=C/C=C/C=C/C=C/C2C)O3)cc1. The number of rotatable bonds is 11. The zero-order valence-electron chi connectivity index (χ0n) is 46.1. The zero-order chi connectivity index (χ0) is 59.1. The van der Waals surface area contributed by atoms with E-state index in [2.05, 4.69) is 5.32 Å². The second-order valence-electron chi connectivity index (χ2n) is 21.6. The molecule has 2 saturated heterocycles. The van der Waals surface area contributed by atoms with Crippen LogP contribution in [0.1, 0.15) is 108 Å². The molecule has 1 aromatic rings. The van der Waals surface area contributed by atoms with E-state index in [4.69, 9.17) is 24.7 Å². The van der Waals surface area contributed by atoms with Crippen LogP contribution in [-0.2, 0) is 28.5 Å². The molecule has 0 spiro atoms. The Morgan fingerprint density at radius 1 is 0.713 bits per heavy atom. The summed E-state index contributed by atoms with van der Waals surface area (Å²) in [5.41, 5.74) is 7.36. The smallest absolute Gasteiger partial charge is 0.311 e. The number of carboxylic acids is 1. The van der Waals surface area contributed by atoms with E-state index in [0.717, 1.165) is 5.69 Å². The number of carbonyl (C=O) groups excluding carboxylic acids is 2. The highest BCUT2D eigenvalue weighted by Gasteiger charge is 2.51. The highest BCUT2D eigenvalue weighted by atomic mass is 16.7. The molecular formula is C59H88N2O19. The number of nitrogens with two attached hydrogens (primary N) is 1. The number of Topliss-reactive ketones (excluding diaryl/α,β-unsaturated/α-hetero) is 1. The van der Waals surface area contributed by atoms with E-state index < -0.39 is 147 Å². The van der Waals surface area contributed by atoms with Crippen molar-refractivity contribution in [1.29, 1.82) is 0 Å². The standard InChI is InChI=1S/C59H88N2O19/c1-35-17-15-13-11-9-7-5-6-8-10-12-14-16-18-47(78-58-55(73)53(60)54(72)37(3)77-58)32-50-52(57(74)75)49(70)34-59(76,80-50)33-46(68)29-44(66)27-42(64)25-41(63)26-43(65)28-45(67)31-51(71)79-56(35)36(2)19-24-40(62)30-48(69)38-20-22-39(61-4)23-21-38/h5-18,20-23,35-37,40-47,49-50,52-56,58,61-68,70,72-73,76H,19,24-34,60H2,1-4H3,(H,74,75)/b6-5+,9-7+,10-8+,13-11+,14-12+,17-15+,18-16+/t35?,36?,37-,40?,41?,42?,43?,44?,45?,46?,47?,49?,50?,52?,53+,54-,55-,56?,58+,59?/m1/s1. The number of cyclic esters (lactones) is 1. The molecule has 2 bridgehead atoms. The molecule has 20 atom stereocenters. The van der Waals surface area contributed by atoms with Gasteiger partial charge in [-0.2, -0.15) is 0 Å². The van der Waals surface area contributed by atoms with Gasteiger partial charge in [0.25, 0.3) is 0 Å². The number of aliphatic carboxylic acids is 1. The van der Waals surface area contributed by atoms with Crippen LogP contribution in [0.5, 0.6) is 0 Å². The first-order valence-electron chi connectivity index (χ1n) is 27.6. The lowest BCUT2D eigenvalue weighted by Gasteiger charge is -2.45. The van der Waals surface area contributed by atoms with Crippen LogP contribution in [0.3, 0.4) is 0 Å². The molecule has 448 valence electrons. The van der Waals surface area contributed by atoms with Crippen molar-refractivity contribution in [3.63, 3.8) is 0 Å². The Morgan fingerprint density at radius 2 is 1.23 bits per heavy atom. The monoisotopic (exact) mass is 1130 g/mol. The second-order valence-corrected chi connectivity index (χ2v) is 21.6. The molecule has 0 saturated carbocycles. The Hall–Kier alpha value is -4.79. The van der Waals surface area contributed by atoms with E-state index in [1.807, 2.05) is 19.9 Å². The third-order valence-electron chi connectivity index (χ3n) is 14.5. The Labute approximate surface area is 468 Å². The van der Waals surface area contributed by atoms with Crippen LogP contribution in [-0.4, -0.2) is 190 Å². The fourth-order valence-electron chi connectivity index (χ4n) is 10.2. The number of ketones is 1. The summed E-state index contributed by atoms with van der Waals surface area (Å²) >= 11 is 0. The normalized spacial score (nSPS) is 39.0. The number of aliphatic hydroxyl groups excluding tert-OH is 10. The Kier molecular flexibility index (Phi) is 28.8. The number of aliphatic hydroxyl groups is 11. The van der Waals surface area contributed by atoms with Crippen LogP contribution in [0.2, 0.25) is 0 Å². The van der Waals surface area contributed by atoms with Gasteiger partial charge in [-0.3, -0.25) is 14.4 Å². The van der Waals surface area contributed by atoms with E-state index in [0.29, 0.717) is 12.0 Å². The number of fused-ring (bicyclic) bond motifs is 2.